The number of amides is 3. The molecule has 1 aromatic rings. The van der Waals surface area contributed by atoms with Crippen molar-refractivity contribution in [3.63, 3.8) is 0 Å². The lowest BCUT2D eigenvalue weighted by Crippen LogP contribution is -2.51. The van der Waals surface area contributed by atoms with E-state index in [0.717, 1.165) is 0 Å². The molecule has 7 nitrogen and oxygen atoms in total. The number of pyridine rings is 1. The van der Waals surface area contributed by atoms with E-state index in [1.165, 1.54) is 4.90 Å². The summed E-state index contributed by atoms with van der Waals surface area (Å²) in [4.78, 5) is 29.9. The van der Waals surface area contributed by atoms with Crippen LogP contribution in [0, 0.1) is 0 Å². The van der Waals surface area contributed by atoms with Crippen molar-refractivity contribution in [2.45, 2.75) is 24.9 Å². The molecule has 0 radical (unpaired) electrons. The zero-order valence-electron chi connectivity index (χ0n) is 11.0. The zero-order valence-corrected chi connectivity index (χ0v) is 11.0. The number of aromatic nitrogens is 1. The molecule has 2 saturated heterocycles. The lowest BCUT2D eigenvalue weighted by Gasteiger charge is -2.30. The van der Waals surface area contributed by atoms with Crippen molar-refractivity contribution in [3.8, 4) is 0 Å². The van der Waals surface area contributed by atoms with Crippen molar-refractivity contribution in [3.05, 3.63) is 23.9 Å². The van der Waals surface area contributed by atoms with Gasteiger partial charge in [0.15, 0.2) is 0 Å². The maximum absolute atomic E-state index is 12.5. The predicted molar refractivity (Wildman–Crippen MR) is 70.5 cm³/mol. The van der Waals surface area contributed by atoms with Gasteiger partial charge >= 0.3 is 6.03 Å². The molecule has 2 aliphatic heterocycles. The number of nitrogens with one attached hydrogen (secondary N) is 1. The highest BCUT2D eigenvalue weighted by molar-refractivity contribution is 6.07. The predicted octanol–water partition coefficient (Wildman–Crippen LogP) is 0.265. The molecule has 3 heterocycles. The van der Waals surface area contributed by atoms with E-state index in [4.69, 9.17) is 10.5 Å². The van der Waals surface area contributed by atoms with Gasteiger partial charge < -0.3 is 15.8 Å². The first kappa shape index (κ1) is 12.9. The smallest absolute Gasteiger partial charge is 0.325 e. The molecule has 106 valence electrons. The molecule has 7 heteroatoms. The largest absolute Gasteiger partial charge is 0.384 e. The molecule has 0 bridgehead atoms. The average molecular weight is 276 g/mol. The molecule has 2 fully saturated rings. The maximum Gasteiger partial charge on any atom is 0.325 e. The molecular formula is C13H16N4O3. The van der Waals surface area contributed by atoms with Gasteiger partial charge in [0.1, 0.15) is 11.4 Å². The molecule has 0 saturated carbocycles. The molecule has 0 atom stereocenters. The topological polar surface area (TPSA) is 97.5 Å². The molecule has 2 aliphatic rings. The summed E-state index contributed by atoms with van der Waals surface area (Å²) in [6.45, 7) is 1.10. The minimum atomic E-state index is -0.796. The Morgan fingerprint density at radius 2 is 2.10 bits per heavy atom. The molecular weight excluding hydrogens is 260 g/mol. The molecule has 3 amide bonds. The summed E-state index contributed by atoms with van der Waals surface area (Å²) in [7, 11) is 0. The standard InChI is InChI=1S/C13H16N4O3/c14-10-3-1-2-9(15-10)8-17-11(18)13(16-12(17)19)4-6-20-7-5-13/h1-3H,4-8H2,(H2,14,15)(H,16,19). The first-order valence-electron chi connectivity index (χ1n) is 6.54. The van der Waals surface area contributed by atoms with Crippen molar-refractivity contribution < 1.29 is 14.3 Å². The van der Waals surface area contributed by atoms with E-state index in [0.29, 0.717) is 37.6 Å². The van der Waals surface area contributed by atoms with E-state index in [-0.39, 0.29) is 18.5 Å². The molecule has 3 rings (SSSR count). The van der Waals surface area contributed by atoms with Gasteiger partial charge in [-0.25, -0.2) is 9.78 Å². The van der Waals surface area contributed by atoms with Gasteiger partial charge in [-0.15, -0.1) is 0 Å². The van der Waals surface area contributed by atoms with E-state index in [1.54, 1.807) is 18.2 Å². The number of imide groups is 1. The minimum absolute atomic E-state index is 0.137. The van der Waals surface area contributed by atoms with Crippen LogP contribution >= 0.6 is 0 Å². The highest BCUT2D eigenvalue weighted by Gasteiger charge is 2.51. The molecule has 0 aromatic carbocycles. The summed E-state index contributed by atoms with van der Waals surface area (Å²) in [5.74, 6) is 0.172. The Hall–Kier alpha value is -2.15. The van der Waals surface area contributed by atoms with Crippen LogP contribution in [0.3, 0.4) is 0 Å². The zero-order chi connectivity index (χ0) is 14.2. The fourth-order valence-corrected chi connectivity index (χ4v) is 2.63. The number of anilines is 1. The maximum atomic E-state index is 12.5. The number of nitrogen functional groups attached to an aromatic ring is 1. The van der Waals surface area contributed by atoms with Crippen LogP contribution in [0.25, 0.3) is 0 Å². The second-order valence-corrected chi connectivity index (χ2v) is 5.07. The van der Waals surface area contributed by atoms with E-state index < -0.39 is 5.54 Å². The summed E-state index contributed by atoms with van der Waals surface area (Å²) in [6.07, 6.45) is 1.02. The van der Waals surface area contributed by atoms with E-state index in [9.17, 15) is 9.59 Å². The molecule has 0 unspecified atom stereocenters. The van der Waals surface area contributed by atoms with Crippen molar-refractivity contribution in [1.82, 2.24) is 15.2 Å². The van der Waals surface area contributed by atoms with E-state index >= 15 is 0 Å². The van der Waals surface area contributed by atoms with Gasteiger partial charge in [-0.05, 0) is 12.1 Å². The molecule has 1 aromatic heterocycles. The molecule has 3 N–H and O–H groups in total. The fraction of sp³-hybridized carbons (Fsp3) is 0.462. The summed E-state index contributed by atoms with van der Waals surface area (Å²) in [6, 6.07) is 4.78. The van der Waals surface area contributed by atoms with Gasteiger partial charge in [0.2, 0.25) is 0 Å². The van der Waals surface area contributed by atoms with Crippen molar-refractivity contribution in [2.75, 3.05) is 18.9 Å². The Kier molecular flexibility index (Phi) is 3.06. The third-order valence-electron chi connectivity index (χ3n) is 3.74. The lowest BCUT2D eigenvalue weighted by atomic mass is 9.90. The van der Waals surface area contributed by atoms with Crippen LogP contribution in [0.5, 0.6) is 0 Å². The van der Waals surface area contributed by atoms with Crippen LogP contribution in [-0.4, -0.2) is 40.6 Å². The third-order valence-corrected chi connectivity index (χ3v) is 3.74. The van der Waals surface area contributed by atoms with Crippen molar-refractivity contribution >= 4 is 17.8 Å². The highest BCUT2D eigenvalue weighted by atomic mass is 16.5. The number of ether oxygens (including phenoxy) is 1. The quantitative estimate of drug-likeness (QED) is 0.755. The Bertz CT molecular complexity index is 554. The van der Waals surface area contributed by atoms with Gasteiger partial charge in [0.25, 0.3) is 5.91 Å². The first-order valence-corrected chi connectivity index (χ1v) is 6.54. The monoisotopic (exact) mass is 276 g/mol. The minimum Gasteiger partial charge on any atom is -0.384 e. The van der Waals surface area contributed by atoms with Gasteiger partial charge in [0, 0.05) is 26.1 Å². The number of rotatable bonds is 2. The Morgan fingerprint density at radius 3 is 2.80 bits per heavy atom. The number of nitrogens with two attached hydrogens (primary N) is 1. The normalized spacial score (nSPS) is 21.3. The Morgan fingerprint density at radius 1 is 1.35 bits per heavy atom. The number of nitrogens with zero attached hydrogens (tertiary/aromatic N) is 2. The Labute approximate surface area is 116 Å². The van der Waals surface area contributed by atoms with E-state index in [1.807, 2.05) is 0 Å². The summed E-state index contributed by atoms with van der Waals surface area (Å²) < 4.78 is 5.26. The van der Waals surface area contributed by atoms with Gasteiger partial charge in [-0.1, -0.05) is 6.07 Å². The number of hydrogen-bond acceptors (Lipinski definition) is 5. The number of hydrogen-bond donors (Lipinski definition) is 2. The van der Waals surface area contributed by atoms with Crippen LogP contribution in [-0.2, 0) is 16.1 Å². The van der Waals surface area contributed by atoms with Crippen LogP contribution < -0.4 is 11.1 Å². The van der Waals surface area contributed by atoms with Gasteiger partial charge in [-0.2, -0.15) is 0 Å². The SMILES string of the molecule is Nc1cccc(CN2C(=O)NC3(CCOCC3)C2=O)n1. The summed E-state index contributed by atoms with van der Waals surface area (Å²) >= 11 is 0. The van der Waals surface area contributed by atoms with Crippen molar-refractivity contribution in [1.29, 1.82) is 0 Å². The lowest BCUT2D eigenvalue weighted by molar-refractivity contribution is -0.134. The molecule has 1 spiro atoms. The van der Waals surface area contributed by atoms with Crippen LogP contribution in [0.4, 0.5) is 10.6 Å². The van der Waals surface area contributed by atoms with Gasteiger partial charge in [0.05, 0.1) is 12.2 Å². The molecule has 0 aliphatic carbocycles. The Balaban J connectivity index is 1.80. The average Bonchev–Trinajstić information content (AvgIpc) is 2.64. The second-order valence-electron chi connectivity index (χ2n) is 5.07. The van der Waals surface area contributed by atoms with Crippen molar-refractivity contribution in [2.24, 2.45) is 0 Å². The highest BCUT2D eigenvalue weighted by Crippen LogP contribution is 2.29. The second kappa shape index (κ2) is 4.75. The van der Waals surface area contributed by atoms with Gasteiger partial charge in [-0.3, -0.25) is 9.69 Å². The van der Waals surface area contributed by atoms with Crippen LogP contribution in [0.2, 0.25) is 0 Å². The van der Waals surface area contributed by atoms with Crippen LogP contribution in [0.15, 0.2) is 18.2 Å². The number of carbonyl (C=O) groups is 2. The number of carbonyl (C=O) groups excluding carboxylic acids is 2. The first-order chi connectivity index (χ1) is 9.61. The molecule has 20 heavy (non-hydrogen) atoms. The van der Waals surface area contributed by atoms with Crippen LogP contribution in [0.1, 0.15) is 18.5 Å². The fourth-order valence-electron chi connectivity index (χ4n) is 2.63. The van der Waals surface area contributed by atoms with E-state index in [2.05, 4.69) is 10.3 Å². The number of urea groups is 1. The summed E-state index contributed by atoms with van der Waals surface area (Å²) in [5, 5.41) is 2.80. The third kappa shape index (κ3) is 2.09. The summed E-state index contributed by atoms with van der Waals surface area (Å²) in [5.41, 5.74) is 5.41.